The molecule has 0 saturated heterocycles. The Hall–Kier alpha value is -3.02. The maximum Gasteiger partial charge on any atom is 0.255 e. The first-order chi connectivity index (χ1) is 11.9. The van der Waals surface area contributed by atoms with Gasteiger partial charge in [0.25, 0.3) is 5.91 Å². The second kappa shape index (κ2) is 6.84. The van der Waals surface area contributed by atoms with Crippen molar-refractivity contribution in [3.63, 3.8) is 0 Å². The minimum absolute atomic E-state index is 0.126. The lowest BCUT2D eigenvalue weighted by Gasteiger charge is -2.17. The number of carbonyl (C=O) groups excluding carboxylic acids is 1. The topological polar surface area (TPSA) is 72.7 Å². The number of amides is 1. The summed E-state index contributed by atoms with van der Waals surface area (Å²) < 4.78 is 1.79. The van der Waals surface area contributed by atoms with Crippen LogP contribution in [0.5, 0.6) is 0 Å². The van der Waals surface area contributed by atoms with Crippen molar-refractivity contribution in [2.24, 2.45) is 0 Å². The van der Waals surface area contributed by atoms with Gasteiger partial charge in [-0.3, -0.25) is 4.79 Å². The van der Waals surface area contributed by atoms with Crippen molar-refractivity contribution in [1.82, 2.24) is 20.2 Å². The van der Waals surface area contributed by atoms with Crippen molar-refractivity contribution in [3.8, 4) is 0 Å². The van der Waals surface area contributed by atoms with E-state index in [0.717, 1.165) is 17.1 Å². The molecule has 3 aromatic rings. The van der Waals surface area contributed by atoms with Gasteiger partial charge < -0.3 is 5.32 Å². The van der Waals surface area contributed by atoms with Crippen LogP contribution < -0.4 is 5.32 Å². The Kier molecular flexibility index (Phi) is 4.61. The second-order valence-corrected chi connectivity index (χ2v) is 6.93. The van der Waals surface area contributed by atoms with E-state index in [0.29, 0.717) is 12.1 Å². The first kappa shape index (κ1) is 16.8. The fourth-order valence-corrected chi connectivity index (χ4v) is 2.51. The summed E-state index contributed by atoms with van der Waals surface area (Å²) in [5.41, 5.74) is 2.30. The third kappa shape index (κ3) is 4.09. The van der Waals surface area contributed by atoms with Crippen molar-refractivity contribution >= 4 is 11.6 Å². The largest absolute Gasteiger partial charge is 0.322 e. The molecule has 6 heteroatoms. The quantitative estimate of drug-likeness (QED) is 0.794. The van der Waals surface area contributed by atoms with Gasteiger partial charge in [0.05, 0.1) is 6.54 Å². The SMILES string of the molecule is CC(C)(C)c1nnnn1Cc1ccc(C(=O)Nc2ccccc2)cc1. The predicted octanol–water partition coefficient (Wildman–Crippen LogP) is 3.27. The summed E-state index contributed by atoms with van der Waals surface area (Å²) in [6.07, 6.45) is 0. The Morgan fingerprint density at radius 2 is 1.72 bits per heavy atom. The van der Waals surface area contributed by atoms with Crippen LogP contribution in [0.1, 0.15) is 42.5 Å². The monoisotopic (exact) mass is 335 g/mol. The van der Waals surface area contributed by atoms with E-state index in [-0.39, 0.29) is 11.3 Å². The van der Waals surface area contributed by atoms with Gasteiger partial charge in [0, 0.05) is 16.7 Å². The normalized spacial score (nSPS) is 11.3. The number of rotatable bonds is 4. The average Bonchev–Trinajstić information content (AvgIpc) is 3.05. The lowest BCUT2D eigenvalue weighted by Crippen LogP contribution is -2.20. The number of para-hydroxylation sites is 1. The van der Waals surface area contributed by atoms with E-state index in [9.17, 15) is 4.79 Å². The molecule has 128 valence electrons. The Labute approximate surface area is 146 Å². The number of anilines is 1. The highest BCUT2D eigenvalue weighted by Crippen LogP contribution is 2.19. The van der Waals surface area contributed by atoms with Gasteiger partial charge in [0.15, 0.2) is 5.82 Å². The summed E-state index contributed by atoms with van der Waals surface area (Å²) in [6.45, 7) is 6.80. The van der Waals surface area contributed by atoms with E-state index in [4.69, 9.17) is 0 Å². The van der Waals surface area contributed by atoms with E-state index in [2.05, 4.69) is 41.6 Å². The summed E-state index contributed by atoms with van der Waals surface area (Å²) in [7, 11) is 0. The van der Waals surface area contributed by atoms with E-state index < -0.39 is 0 Å². The molecule has 0 radical (unpaired) electrons. The van der Waals surface area contributed by atoms with Gasteiger partial charge in [-0.25, -0.2) is 4.68 Å². The molecule has 0 atom stereocenters. The molecule has 0 saturated carbocycles. The van der Waals surface area contributed by atoms with Crippen LogP contribution in [0.4, 0.5) is 5.69 Å². The highest BCUT2D eigenvalue weighted by Gasteiger charge is 2.21. The molecule has 0 bridgehead atoms. The van der Waals surface area contributed by atoms with Gasteiger partial charge in [-0.15, -0.1) is 5.10 Å². The summed E-state index contributed by atoms with van der Waals surface area (Å²) in [5.74, 6) is 0.703. The smallest absolute Gasteiger partial charge is 0.255 e. The molecule has 25 heavy (non-hydrogen) atoms. The van der Waals surface area contributed by atoms with E-state index in [1.165, 1.54) is 0 Å². The standard InChI is InChI=1S/C19H21N5O/c1-19(2,3)18-21-22-23-24(18)13-14-9-11-15(12-10-14)17(25)20-16-7-5-4-6-8-16/h4-12H,13H2,1-3H3,(H,20,25). The summed E-state index contributed by atoms with van der Waals surface area (Å²) >= 11 is 0. The third-order valence-electron chi connectivity index (χ3n) is 3.78. The number of aromatic nitrogens is 4. The number of nitrogens with one attached hydrogen (secondary N) is 1. The molecule has 6 nitrogen and oxygen atoms in total. The maximum absolute atomic E-state index is 12.3. The lowest BCUT2D eigenvalue weighted by molar-refractivity contribution is 0.102. The number of benzene rings is 2. The number of carbonyl (C=O) groups is 1. The van der Waals surface area contributed by atoms with Crippen molar-refractivity contribution in [1.29, 1.82) is 0 Å². The molecule has 1 aromatic heterocycles. The Bertz CT molecular complexity index is 848. The van der Waals surface area contributed by atoms with Crippen molar-refractivity contribution in [2.75, 3.05) is 5.32 Å². The average molecular weight is 335 g/mol. The number of nitrogens with zero attached hydrogens (tertiary/aromatic N) is 4. The van der Waals surface area contributed by atoms with Crippen molar-refractivity contribution in [2.45, 2.75) is 32.7 Å². The molecule has 0 aliphatic rings. The molecule has 0 fully saturated rings. The second-order valence-electron chi connectivity index (χ2n) is 6.93. The van der Waals surface area contributed by atoms with Crippen molar-refractivity contribution in [3.05, 3.63) is 71.5 Å². The zero-order valence-electron chi connectivity index (χ0n) is 14.6. The lowest BCUT2D eigenvalue weighted by atomic mass is 9.96. The molecule has 1 heterocycles. The van der Waals surface area contributed by atoms with E-state index >= 15 is 0 Å². The van der Waals surface area contributed by atoms with Gasteiger partial charge in [0.2, 0.25) is 0 Å². The molecular weight excluding hydrogens is 314 g/mol. The van der Waals surface area contributed by atoms with Crippen LogP contribution in [0, 0.1) is 0 Å². The fourth-order valence-electron chi connectivity index (χ4n) is 2.51. The van der Waals surface area contributed by atoms with Gasteiger partial charge in [-0.2, -0.15) is 0 Å². The van der Waals surface area contributed by atoms with Crippen LogP contribution in [0.25, 0.3) is 0 Å². The zero-order valence-corrected chi connectivity index (χ0v) is 14.6. The molecular formula is C19H21N5O. The first-order valence-electron chi connectivity index (χ1n) is 8.15. The predicted molar refractivity (Wildman–Crippen MR) is 96.5 cm³/mol. The molecule has 0 aliphatic carbocycles. The first-order valence-corrected chi connectivity index (χ1v) is 8.15. The Morgan fingerprint density at radius 1 is 1.04 bits per heavy atom. The minimum Gasteiger partial charge on any atom is -0.322 e. The summed E-state index contributed by atoms with van der Waals surface area (Å²) in [6, 6.07) is 16.9. The fraction of sp³-hybridized carbons (Fsp3) is 0.263. The number of hydrogen-bond acceptors (Lipinski definition) is 4. The highest BCUT2D eigenvalue weighted by atomic mass is 16.1. The molecule has 3 rings (SSSR count). The molecule has 1 amide bonds. The maximum atomic E-state index is 12.3. The van der Waals surface area contributed by atoms with Crippen LogP contribution in [-0.4, -0.2) is 26.1 Å². The molecule has 1 N–H and O–H groups in total. The molecule has 2 aromatic carbocycles. The third-order valence-corrected chi connectivity index (χ3v) is 3.78. The molecule has 0 spiro atoms. The van der Waals surface area contributed by atoms with Gasteiger partial charge >= 0.3 is 0 Å². The van der Waals surface area contributed by atoms with Crippen LogP contribution in [0.15, 0.2) is 54.6 Å². The van der Waals surface area contributed by atoms with Crippen LogP contribution in [-0.2, 0) is 12.0 Å². The minimum atomic E-state index is -0.129. The van der Waals surface area contributed by atoms with Crippen LogP contribution >= 0.6 is 0 Å². The molecule has 0 aliphatic heterocycles. The van der Waals surface area contributed by atoms with Crippen LogP contribution in [0.3, 0.4) is 0 Å². The Morgan fingerprint density at radius 3 is 2.36 bits per heavy atom. The van der Waals surface area contributed by atoms with Gasteiger partial charge in [-0.05, 0) is 40.3 Å². The van der Waals surface area contributed by atoms with E-state index in [1.807, 2.05) is 54.6 Å². The summed E-state index contributed by atoms with van der Waals surface area (Å²) in [4.78, 5) is 12.3. The van der Waals surface area contributed by atoms with E-state index in [1.54, 1.807) is 4.68 Å². The van der Waals surface area contributed by atoms with Gasteiger partial charge in [-0.1, -0.05) is 51.1 Å². The van der Waals surface area contributed by atoms with Gasteiger partial charge in [0.1, 0.15) is 0 Å². The zero-order chi connectivity index (χ0) is 17.9. The van der Waals surface area contributed by atoms with Crippen LogP contribution in [0.2, 0.25) is 0 Å². The van der Waals surface area contributed by atoms with Crippen molar-refractivity contribution < 1.29 is 4.79 Å². The number of tetrazole rings is 1. The number of hydrogen-bond donors (Lipinski definition) is 1. The molecule has 0 unspecified atom stereocenters. The summed E-state index contributed by atoms with van der Waals surface area (Å²) in [5, 5.41) is 14.8. The Balaban J connectivity index is 1.71. The highest BCUT2D eigenvalue weighted by molar-refractivity contribution is 6.04.